The lowest BCUT2D eigenvalue weighted by Crippen LogP contribution is -2.53. The molecule has 2 aromatic rings. The summed E-state index contributed by atoms with van der Waals surface area (Å²) in [7, 11) is -3.78. The highest BCUT2D eigenvalue weighted by molar-refractivity contribution is 7.92. The van der Waals surface area contributed by atoms with Gasteiger partial charge in [0.15, 0.2) is 0 Å². The molecule has 0 saturated heterocycles. The Bertz CT molecular complexity index is 1080. The van der Waals surface area contributed by atoms with Crippen molar-refractivity contribution >= 4 is 39.1 Å². The molecule has 0 bridgehead atoms. The van der Waals surface area contributed by atoms with Gasteiger partial charge in [0, 0.05) is 18.1 Å². The highest BCUT2D eigenvalue weighted by atomic mass is 35.5. The zero-order valence-electron chi connectivity index (χ0n) is 20.3. The summed E-state index contributed by atoms with van der Waals surface area (Å²) in [5.41, 5.74) is 2.13. The molecule has 7 nitrogen and oxygen atoms in total. The molecule has 9 heteroatoms. The van der Waals surface area contributed by atoms with E-state index < -0.39 is 28.5 Å². The number of amides is 2. The largest absolute Gasteiger partial charge is 0.354 e. The van der Waals surface area contributed by atoms with E-state index in [1.54, 1.807) is 12.1 Å². The minimum Gasteiger partial charge on any atom is -0.354 e. The van der Waals surface area contributed by atoms with Gasteiger partial charge in [-0.1, -0.05) is 61.8 Å². The first-order valence-electron chi connectivity index (χ1n) is 11.4. The van der Waals surface area contributed by atoms with Gasteiger partial charge in [-0.3, -0.25) is 13.9 Å². The number of aryl methyl sites for hydroxylation is 1. The summed E-state index contributed by atoms with van der Waals surface area (Å²) >= 11 is 6.22. The van der Waals surface area contributed by atoms with Crippen molar-refractivity contribution in [2.45, 2.75) is 46.1 Å². The van der Waals surface area contributed by atoms with E-state index in [9.17, 15) is 18.0 Å². The van der Waals surface area contributed by atoms with Crippen LogP contribution in [-0.2, 0) is 26.0 Å². The van der Waals surface area contributed by atoms with Gasteiger partial charge in [0.2, 0.25) is 21.8 Å². The molecule has 34 heavy (non-hydrogen) atoms. The first-order chi connectivity index (χ1) is 16.1. The monoisotopic (exact) mass is 507 g/mol. The first kappa shape index (κ1) is 27.7. The van der Waals surface area contributed by atoms with Gasteiger partial charge in [-0.15, -0.1) is 0 Å². The fourth-order valence-corrected chi connectivity index (χ4v) is 4.63. The Hall–Kier alpha value is -2.58. The van der Waals surface area contributed by atoms with Crippen molar-refractivity contribution in [3.05, 3.63) is 64.7 Å². The molecule has 0 aliphatic heterocycles. The Morgan fingerprint density at radius 1 is 1.09 bits per heavy atom. The van der Waals surface area contributed by atoms with Crippen LogP contribution in [-0.4, -0.2) is 57.1 Å². The number of rotatable bonds is 12. The molecular formula is C25H34ClN3O4S. The number of benzene rings is 2. The van der Waals surface area contributed by atoms with Gasteiger partial charge in [-0.05, 0) is 49.4 Å². The van der Waals surface area contributed by atoms with Crippen LogP contribution in [0.4, 0.5) is 5.69 Å². The lowest BCUT2D eigenvalue weighted by Gasteiger charge is -2.33. The van der Waals surface area contributed by atoms with Gasteiger partial charge >= 0.3 is 0 Å². The number of nitrogens with zero attached hydrogens (tertiary/aromatic N) is 2. The molecule has 2 rings (SSSR count). The number of carbonyl (C=O) groups is 2. The maximum absolute atomic E-state index is 13.5. The Labute approximate surface area is 208 Å². The maximum atomic E-state index is 13.5. The maximum Gasteiger partial charge on any atom is 0.244 e. The van der Waals surface area contributed by atoms with E-state index in [4.69, 9.17) is 11.6 Å². The molecule has 0 unspecified atom stereocenters. The average Bonchev–Trinajstić information content (AvgIpc) is 2.80. The molecule has 0 spiro atoms. The smallest absolute Gasteiger partial charge is 0.244 e. The van der Waals surface area contributed by atoms with Gasteiger partial charge in [0.05, 0.1) is 11.9 Å². The van der Waals surface area contributed by atoms with Crippen LogP contribution in [0.15, 0.2) is 48.5 Å². The lowest BCUT2D eigenvalue weighted by molar-refractivity contribution is -0.139. The molecule has 0 saturated carbocycles. The number of anilines is 1. The second-order valence-electron chi connectivity index (χ2n) is 8.24. The van der Waals surface area contributed by atoms with Crippen molar-refractivity contribution < 1.29 is 18.0 Å². The number of halogens is 1. The summed E-state index contributed by atoms with van der Waals surface area (Å²) in [5.74, 6) is -0.688. The van der Waals surface area contributed by atoms with E-state index >= 15 is 0 Å². The second-order valence-corrected chi connectivity index (χ2v) is 10.6. The topological polar surface area (TPSA) is 86.8 Å². The molecule has 1 atom stereocenters. The van der Waals surface area contributed by atoms with Gasteiger partial charge in [-0.2, -0.15) is 0 Å². The molecule has 0 radical (unpaired) electrons. The molecule has 2 aromatic carbocycles. The fraction of sp³-hybridized carbons (Fsp3) is 0.440. The zero-order chi connectivity index (χ0) is 25.3. The lowest BCUT2D eigenvalue weighted by atomic mass is 10.1. The highest BCUT2D eigenvalue weighted by Crippen LogP contribution is 2.25. The summed E-state index contributed by atoms with van der Waals surface area (Å²) in [6, 6.07) is 13.8. The molecule has 0 heterocycles. The zero-order valence-corrected chi connectivity index (χ0v) is 21.8. The molecule has 1 N–H and O–H groups in total. The molecule has 0 aromatic heterocycles. The molecule has 0 fully saturated rings. The number of carbonyl (C=O) groups excluding carboxylic acids is 2. The molecule has 186 valence electrons. The average molecular weight is 508 g/mol. The highest BCUT2D eigenvalue weighted by Gasteiger charge is 2.31. The third kappa shape index (κ3) is 7.74. The van der Waals surface area contributed by atoms with Gasteiger partial charge in [0.25, 0.3) is 0 Å². The van der Waals surface area contributed by atoms with Crippen molar-refractivity contribution in [1.29, 1.82) is 0 Å². The standard InChI is InChI=1S/C25H34ClN3O4S/c1-5-15-27-25(31)23(6-2)28(16-14-20-10-8-7-9-11-20)24(30)18-29(34(4,32)33)21-13-12-19(3)22(26)17-21/h7-13,17,23H,5-6,14-16,18H2,1-4H3,(H,27,31)/t23-/m1/s1. The predicted octanol–water partition coefficient (Wildman–Crippen LogP) is 3.79. The van der Waals surface area contributed by atoms with Gasteiger partial charge in [-0.25, -0.2) is 8.42 Å². The van der Waals surface area contributed by atoms with Gasteiger partial charge in [0.1, 0.15) is 12.6 Å². The van der Waals surface area contributed by atoms with E-state index in [-0.39, 0.29) is 12.5 Å². The fourth-order valence-electron chi connectivity index (χ4n) is 3.61. The molecular weight excluding hydrogens is 474 g/mol. The SMILES string of the molecule is CCCNC(=O)[C@@H](CC)N(CCc1ccccc1)C(=O)CN(c1ccc(C)c(Cl)c1)S(C)(=O)=O. The summed E-state index contributed by atoms with van der Waals surface area (Å²) in [5, 5.41) is 3.27. The van der Waals surface area contributed by atoms with Crippen molar-refractivity contribution in [3.8, 4) is 0 Å². The third-order valence-corrected chi connectivity index (χ3v) is 7.09. The van der Waals surface area contributed by atoms with Crippen molar-refractivity contribution in [1.82, 2.24) is 10.2 Å². The summed E-state index contributed by atoms with van der Waals surface area (Å²) in [6.45, 7) is 5.97. The van der Waals surface area contributed by atoms with E-state index in [0.717, 1.165) is 28.1 Å². The molecule has 0 aliphatic rings. The quantitative estimate of drug-likeness (QED) is 0.473. The van der Waals surface area contributed by atoms with Crippen LogP contribution in [0.5, 0.6) is 0 Å². The van der Waals surface area contributed by atoms with Crippen molar-refractivity contribution in [2.75, 3.05) is 30.2 Å². The Balaban J connectivity index is 2.36. The predicted molar refractivity (Wildman–Crippen MR) is 138 cm³/mol. The van der Waals surface area contributed by atoms with E-state index in [1.807, 2.05) is 51.1 Å². The van der Waals surface area contributed by atoms with E-state index in [2.05, 4.69) is 5.32 Å². The first-order valence-corrected chi connectivity index (χ1v) is 13.7. The van der Waals surface area contributed by atoms with Crippen LogP contribution in [0.2, 0.25) is 5.02 Å². The third-order valence-electron chi connectivity index (χ3n) is 5.54. The van der Waals surface area contributed by atoms with E-state index in [1.165, 1.54) is 11.0 Å². The minimum absolute atomic E-state index is 0.241. The van der Waals surface area contributed by atoms with Gasteiger partial charge < -0.3 is 10.2 Å². The summed E-state index contributed by atoms with van der Waals surface area (Å²) < 4.78 is 26.3. The molecule has 2 amide bonds. The van der Waals surface area contributed by atoms with Crippen LogP contribution in [0.1, 0.15) is 37.8 Å². The van der Waals surface area contributed by atoms with Crippen LogP contribution in [0.25, 0.3) is 0 Å². The normalized spacial score (nSPS) is 12.1. The summed E-state index contributed by atoms with van der Waals surface area (Å²) in [4.78, 5) is 27.9. The number of hydrogen-bond donors (Lipinski definition) is 1. The number of nitrogens with one attached hydrogen (secondary N) is 1. The van der Waals surface area contributed by atoms with Crippen LogP contribution < -0.4 is 9.62 Å². The number of sulfonamides is 1. The Morgan fingerprint density at radius 2 is 1.76 bits per heavy atom. The van der Waals surface area contributed by atoms with Crippen molar-refractivity contribution in [3.63, 3.8) is 0 Å². The Morgan fingerprint density at radius 3 is 2.32 bits per heavy atom. The van der Waals surface area contributed by atoms with Crippen LogP contribution >= 0.6 is 11.6 Å². The minimum atomic E-state index is -3.78. The number of hydrogen-bond acceptors (Lipinski definition) is 4. The summed E-state index contributed by atoms with van der Waals surface area (Å²) in [6.07, 6.45) is 2.77. The van der Waals surface area contributed by atoms with Crippen LogP contribution in [0.3, 0.4) is 0 Å². The molecule has 0 aliphatic carbocycles. The van der Waals surface area contributed by atoms with E-state index in [0.29, 0.717) is 30.1 Å². The Kier molecular flexibility index (Phi) is 10.4. The van der Waals surface area contributed by atoms with Crippen LogP contribution in [0, 0.1) is 6.92 Å². The second kappa shape index (κ2) is 12.8. The van der Waals surface area contributed by atoms with Crippen molar-refractivity contribution in [2.24, 2.45) is 0 Å².